The number of ether oxygens (including phenoxy) is 2. The van der Waals surface area contributed by atoms with E-state index in [4.69, 9.17) is 9.47 Å². The minimum Gasteiger partial charge on any atom is -0.493 e. The lowest BCUT2D eigenvalue weighted by Gasteiger charge is -2.18. The first-order valence-corrected chi connectivity index (χ1v) is 9.03. The van der Waals surface area contributed by atoms with Crippen molar-refractivity contribution >= 4 is 29.9 Å². The zero-order valence-corrected chi connectivity index (χ0v) is 19.0. The molecule has 0 amide bonds. The number of halogens is 1. The third-order valence-electron chi connectivity index (χ3n) is 4.38. The first kappa shape index (κ1) is 24.0. The topological polar surface area (TPSA) is 75.1 Å². The highest BCUT2D eigenvalue weighted by molar-refractivity contribution is 14.0. The molecule has 0 radical (unpaired) electrons. The van der Waals surface area contributed by atoms with Crippen LogP contribution in [0.25, 0.3) is 0 Å². The van der Waals surface area contributed by atoms with Gasteiger partial charge in [0.1, 0.15) is 0 Å². The predicted octanol–water partition coefficient (Wildman–Crippen LogP) is 2.81. The van der Waals surface area contributed by atoms with Crippen molar-refractivity contribution in [2.24, 2.45) is 4.99 Å². The molecule has 0 saturated carbocycles. The van der Waals surface area contributed by atoms with Crippen LogP contribution in [0.5, 0.6) is 11.5 Å². The van der Waals surface area contributed by atoms with Crippen LogP contribution in [0.3, 0.4) is 0 Å². The van der Waals surface area contributed by atoms with E-state index in [1.54, 1.807) is 21.3 Å². The number of hydrogen-bond acceptors (Lipinski definition) is 4. The molecule has 0 saturated heterocycles. The molecule has 2 aromatic rings. The summed E-state index contributed by atoms with van der Waals surface area (Å²) in [5.41, 5.74) is 2.25. The molecule has 1 unspecified atom stereocenters. The highest BCUT2D eigenvalue weighted by Crippen LogP contribution is 2.27. The predicted molar refractivity (Wildman–Crippen MR) is 124 cm³/mol. The number of aliphatic imine (C=N–C) groups is 1. The fraction of sp³-hybridized carbons (Fsp3) is 0.381. The van der Waals surface area contributed by atoms with Crippen molar-refractivity contribution in [2.45, 2.75) is 12.3 Å². The molecule has 0 aromatic heterocycles. The molecule has 0 aliphatic heterocycles. The number of nitrogens with one attached hydrogen (secondary N) is 2. The van der Waals surface area contributed by atoms with Crippen molar-refractivity contribution in [1.29, 1.82) is 0 Å². The van der Waals surface area contributed by atoms with E-state index < -0.39 is 0 Å². The van der Waals surface area contributed by atoms with Gasteiger partial charge in [-0.1, -0.05) is 36.4 Å². The standard InChI is InChI=1S/C21H29N3O3.HI/c1-22-21(24-14-18(15-25)17-7-5-4-6-8-17)23-12-11-16-9-10-19(26-2)20(13-16)27-3;/h4-10,13,18,25H,11-12,14-15H2,1-3H3,(H2,22,23,24);1H. The van der Waals surface area contributed by atoms with E-state index in [-0.39, 0.29) is 36.5 Å². The van der Waals surface area contributed by atoms with Gasteiger partial charge in [-0.25, -0.2) is 0 Å². The summed E-state index contributed by atoms with van der Waals surface area (Å²) >= 11 is 0. The van der Waals surface area contributed by atoms with Crippen LogP contribution >= 0.6 is 24.0 Å². The number of aliphatic hydroxyl groups excluding tert-OH is 1. The smallest absolute Gasteiger partial charge is 0.191 e. The van der Waals surface area contributed by atoms with Crippen molar-refractivity contribution in [3.05, 3.63) is 59.7 Å². The second-order valence-corrected chi connectivity index (χ2v) is 6.11. The molecular formula is C21H30IN3O3. The number of benzene rings is 2. The van der Waals surface area contributed by atoms with Crippen LogP contribution in [0.4, 0.5) is 0 Å². The van der Waals surface area contributed by atoms with Gasteiger partial charge in [0.05, 0.1) is 20.8 Å². The van der Waals surface area contributed by atoms with Gasteiger partial charge in [0.25, 0.3) is 0 Å². The fourth-order valence-corrected chi connectivity index (χ4v) is 2.81. The molecule has 0 heterocycles. The average molecular weight is 499 g/mol. The van der Waals surface area contributed by atoms with Gasteiger partial charge in [-0.3, -0.25) is 4.99 Å². The molecule has 7 heteroatoms. The molecule has 2 rings (SSSR count). The Bertz CT molecular complexity index is 726. The Morgan fingerprint density at radius 1 is 1.04 bits per heavy atom. The van der Waals surface area contributed by atoms with Gasteiger partial charge >= 0.3 is 0 Å². The van der Waals surface area contributed by atoms with Gasteiger partial charge in [-0.05, 0) is 29.7 Å². The Hall–Kier alpha value is -2.00. The SMILES string of the molecule is CN=C(NCCc1ccc(OC)c(OC)c1)NCC(CO)c1ccccc1.I. The molecule has 2 aromatic carbocycles. The van der Waals surface area contributed by atoms with Crippen molar-refractivity contribution in [1.82, 2.24) is 10.6 Å². The van der Waals surface area contributed by atoms with Crippen molar-refractivity contribution in [3.63, 3.8) is 0 Å². The summed E-state index contributed by atoms with van der Waals surface area (Å²) in [7, 11) is 5.00. The maximum absolute atomic E-state index is 9.66. The van der Waals surface area contributed by atoms with E-state index in [1.807, 2.05) is 48.5 Å². The van der Waals surface area contributed by atoms with Gasteiger partial charge in [0, 0.05) is 26.1 Å². The summed E-state index contributed by atoms with van der Waals surface area (Å²) < 4.78 is 10.6. The number of nitrogens with zero attached hydrogens (tertiary/aromatic N) is 1. The monoisotopic (exact) mass is 499 g/mol. The summed E-state index contributed by atoms with van der Waals surface area (Å²) in [6, 6.07) is 15.9. The summed E-state index contributed by atoms with van der Waals surface area (Å²) in [4.78, 5) is 4.25. The first-order chi connectivity index (χ1) is 13.2. The lowest BCUT2D eigenvalue weighted by atomic mass is 10.0. The van der Waals surface area contributed by atoms with Gasteiger partial charge < -0.3 is 25.2 Å². The second-order valence-electron chi connectivity index (χ2n) is 6.11. The van der Waals surface area contributed by atoms with Gasteiger partial charge in [0.15, 0.2) is 17.5 Å². The van der Waals surface area contributed by atoms with E-state index in [0.717, 1.165) is 35.6 Å². The zero-order chi connectivity index (χ0) is 19.5. The Balaban J connectivity index is 0.00000392. The van der Waals surface area contributed by atoms with Crippen molar-refractivity contribution < 1.29 is 14.6 Å². The fourth-order valence-electron chi connectivity index (χ4n) is 2.81. The molecule has 0 aliphatic carbocycles. The molecule has 0 aliphatic rings. The lowest BCUT2D eigenvalue weighted by Crippen LogP contribution is -2.40. The molecule has 1 atom stereocenters. The Morgan fingerprint density at radius 2 is 1.75 bits per heavy atom. The maximum atomic E-state index is 9.66. The zero-order valence-electron chi connectivity index (χ0n) is 16.6. The summed E-state index contributed by atoms with van der Waals surface area (Å²) in [6.45, 7) is 1.42. The molecule has 0 fully saturated rings. The van der Waals surface area contributed by atoms with Gasteiger partial charge in [-0.2, -0.15) is 0 Å². The summed E-state index contributed by atoms with van der Waals surface area (Å²) in [5, 5.41) is 16.2. The van der Waals surface area contributed by atoms with Gasteiger partial charge in [0.2, 0.25) is 0 Å². The third kappa shape index (κ3) is 7.20. The van der Waals surface area contributed by atoms with Crippen LogP contribution in [0, 0.1) is 0 Å². The van der Waals surface area contributed by atoms with E-state index >= 15 is 0 Å². The van der Waals surface area contributed by atoms with E-state index in [9.17, 15) is 5.11 Å². The number of hydrogen-bond donors (Lipinski definition) is 3. The maximum Gasteiger partial charge on any atom is 0.191 e. The highest BCUT2D eigenvalue weighted by Gasteiger charge is 2.11. The normalized spacial score (nSPS) is 11.9. The first-order valence-electron chi connectivity index (χ1n) is 9.03. The molecule has 6 nitrogen and oxygen atoms in total. The minimum absolute atomic E-state index is 0. The van der Waals surface area contributed by atoms with E-state index in [0.29, 0.717) is 12.5 Å². The number of aliphatic hydroxyl groups is 1. The molecule has 28 heavy (non-hydrogen) atoms. The van der Waals surface area contributed by atoms with Crippen molar-refractivity contribution in [3.8, 4) is 11.5 Å². The molecule has 0 bridgehead atoms. The van der Waals surface area contributed by atoms with Crippen LogP contribution in [0.2, 0.25) is 0 Å². The van der Waals surface area contributed by atoms with Crippen molar-refractivity contribution in [2.75, 3.05) is 41.0 Å². The summed E-state index contributed by atoms with van der Waals surface area (Å²) in [5.74, 6) is 2.19. The van der Waals surface area contributed by atoms with Crippen LogP contribution in [-0.4, -0.2) is 52.0 Å². The molecule has 3 N–H and O–H groups in total. The lowest BCUT2D eigenvalue weighted by molar-refractivity contribution is 0.265. The molecule has 154 valence electrons. The minimum atomic E-state index is 0. The number of methoxy groups -OCH3 is 2. The van der Waals surface area contributed by atoms with Gasteiger partial charge in [-0.15, -0.1) is 24.0 Å². The van der Waals surface area contributed by atoms with Crippen LogP contribution < -0.4 is 20.1 Å². The Morgan fingerprint density at radius 3 is 2.36 bits per heavy atom. The Kier molecular flexibility index (Phi) is 11.4. The van der Waals surface area contributed by atoms with E-state index in [1.165, 1.54) is 0 Å². The van der Waals surface area contributed by atoms with Crippen LogP contribution in [0.1, 0.15) is 17.0 Å². The Labute approximate surface area is 184 Å². The van der Waals surface area contributed by atoms with Crippen LogP contribution in [0.15, 0.2) is 53.5 Å². The van der Waals surface area contributed by atoms with E-state index in [2.05, 4.69) is 15.6 Å². The van der Waals surface area contributed by atoms with Crippen LogP contribution in [-0.2, 0) is 6.42 Å². The average Bonchev–Trinajstić information content (AvgIpc) is 2.73. The second kappa shape index (κ2) is 13.2. The largest absolute Gasteiger partial charge is 0.493 e. The summed E-state index contributed by atoms with van der Waals surface area (Å²) in [6.07, 6.45) is 0.823. The third-order valence-corrected chi connectivity index (χ3v) is 4.38. The number of rotatable bonds is 9. The quantitative estimate of drug-likeness (QED) is 0.281. The highest BCUT2D eigenvalue weighted by atomic mass is 127. The molecule has 0 spiro atoms. The molecular weight excluding hydrogens is 469 g/mol. The number of guanidine groups is 1.